The Bertz CT molecular complexity index is 1480. The van der Waals surface area contributed by atoms with Crippen LogP contribution in [0.3, 0.4) is 0 Å². The molecule has 0 bridgehead atoms. The first-order chi connectivity index (χ1) is 19.6. The molecule has 2 aromatic carbocycles. The van der Waals surface area contributed by atoms with Gasteiger partial charge in [-0.15, -0.1) is 4.95 Å². The number of ketones is 1. The number of Topliss-reactive ketones (excluding diaryl/α,β-unsaturated/α-hetero) is 1. The van der Waals surface area contributed by atoms with Gasteiger partial charge in [-0.25, -0.2) is 0 Å². The molecule has 4 atom stereocenters. The van der Waals surface area contributed by atoms with Gasteiger partial charge in [0.15, 0.2) is 11.6 Å². The van der Waals surface area contributed by atoms with Gasteiger partial charge in [0.25, 0.3) is 0 Å². The molecule has 0 radical (unpaired) electrons. The molecular weight excluding hydrogens is 573 g/mol. The second-order valence-electron chi connectivity index (χ2n) is 10.0. The fourth-order valence-corrected chi connectivity index (χ4v) is 5.66. The number of halogens is 2. The van der Waals surface area contributed by atoms with Crippen molar-refractivity contribution in [3.8, 4) is 0 Å². The Morgan fingerprint density at radius 1 is 1.17 bits per heavy atom. The van der Waals surface area contributed by atoms with Crippen molar-refractivity contribution >= 4 is 51.7 Å². The third kappa shape index (κ3) is 7.41. The molecule has 4 rings (SSSR count). The van der Waals surface area contributed by atoms with Crippen LogP contribution in [0.2, 0.25) is 10.0 Å². The van der Waals surface area contributed by atoms with Crippen molar-refractivity contribution in [1.29, 1.82) is 0 Å². The Labute approximate surface area is 245 Å². The van der Waals surface area contributed by atoms with Crippen molar-refractivity contribution in [2.75, 3.05) is 13.1 Å². The van der Waals surface area contributed by atoms with E-state index in [2.05, 4.69) is 20.3 Å². The third-order valence-electron chi connectivity index (χ3n) is 7.22. The highest BCUT2D eigenvalue weighted by Gasteiger charge is 2.29. The number of β-amino-alcohol motifs (C(OH)–C–C–N with tert-alkyl or cyclic N) is 1. The molecule has 0 spiro atoms. The molecule has 41 heavy (non-hydrogen) atoms. The van der Waals surface area contributed by atoms with Crippen molar-refractivity contribution in [3.63, 3.8) is 0 Å². The standard InChI is InChI=1S/C28H29Cl2N5O6/c1-31-34-26(35-7-6-19(36)14-35)5-4-16(28(40)41)11-25(39)27-20(29)8-18(9-21(27)30)24(38)12-23(37)15-2-3-17-13-32-33-22(17)10-15/h2-3,8-10,13,16,19,23-24,36-38H,4-7,11-12,14H2,(H,32,33)(H,40,41)/b34-26+/t16-,19+,23?,24?/m1/s1. The summed E-state index contributed by atoms with van der Waals surface area (Å²) in [7, 11) is 0. The third-order valence-corrected chi connectivity index (χ3v) is 7.81. The lowest BCUT2D eigenvalue weighted by Gasteiger charge is -2.19. The van der Waals surface area contributed by atoms with Crippen LogP contribution in [-0.2, 0) is 4.79 Å². The summed E-state index contributed by atoms with van der Waals surface area (Å²) in [6, 6.07) is 8.04. The molecular formula is C28H29Cl2N5O6. The van der Waals surface area contributed by atoms with E-state index >= 15 is 0 Å². The van der Waals surface area contributed by atoms with Crippen LogP contribution in [0, 0.1) is 12.5 Å². The van der Waals surface area contributed by atoms with Gasteiger partial charge < -0.3 is 25.3 Å². The van der Waals surface area contributed by atoms with E-state index in [1.165, 1.54) is 12.1 Å². The van der Waals surface area contributed by atoms with E-state index in [4.69, 9.17) is 29.8 Å². The van der Waals surface area contributed by atoms with E-state index in [9.17, 15) is 30.0 Å². The number of aliphatic hydroxyl groups is 3. The first-order valence-electron chi connectivity index (χ1n) is 13.0. The maximum Gasteiger partial charge on any atom is 0.306 e. The summed E-state index contributed by atoms with van der Waals surface area (Å²) in [6.45, 7) is 7.87. The number of rotatable bonds is 11. The molecule has 11 nitrogen and oxygen atoms in total. The first-order valence-corrected chi connectivity index (χ1v) is 13.7. The second kappa shape index (κ2) is 13.4. The Kier molecular flexibility index (Phi) is 9.96. The van der Waals surface area contributed by atoms with Crippen LogP contribution in [0.15, 0.2) is 41.6 Å². The van der Waals surface area contributed by atoms with Gasteiger partial charge in [-0.05, 0) is 42.2 Å². The average Bonchev–Trinajstić information content (AvgIpc) is 3.57. The van der Waals surface area contributed by atoms with E-state index < -0.39 is 36.0 Å². The lowest BCUT2D eigenvalue weighted by molar-refractivity contribution is -0.141. The lowest BCUT2D eigenvalue weighted by atomic mass is 9.92. The van der Waals surface area contributed by atoms with Crippen LogP contribution in [0.1, 0.15) is 65.8 Å². The van der Waals surface area contributed by atoms with Crippen molar-refractivity contribution in [1.82, 2.24) is 15.1 Å². The van der Waals surface area contributed by atoms with E-state index in [1.54, 1.807) is 29.3 Å². The number of H-pyrrole nitrogens is 1. The van der Waals surface area contributed by atoms with Gasteiger partial charge in [0, 0.05) is 37.7 Å². The molecule has 2 heterocycles. The summed E-state index contributed by atoms with van der Waals surface area (Å²) in [5, 5.41) is 52.4. The molecule has 1 aliphatic heterocycles. The number of benzene rings is 2. The summed E-state index contributed by atoms with van der Waals surface area (Å²) in [6.07, 6.45) is -0.790. The zero-order valence-electron chi connectivity index (χ0n) is 21.9. The molecule has 1 fully saturated rings. The molecule has 5 N–H and O–H groups in total. The largest absolute Gasteiger partial charge is 0.481 e. The second-order valence-corrected chi connectivity index (χ2v) is 10.9. The normalized spacial score (nSPS) is 17.8. The van der Waals surface area contributed by atoms with Gasteiger partial charge >= 0.3 is 5.97 Å². The Balaban J connectivity index is 1.42. The Morgan fingerprint density at radius 2 is 1.88 bits per heavy atom. The topological polar surface area (TPSA) is 164 Å². The molecule has 1 saturated heterocycles. The molecule has 0 amide bonds. The minimum absolute atomic E-state index is 0.0380. The monoisotopic (exact) mass is 601 g/mol. The number of aromatic amines is 1. The van der Waals surface area contributed by atoms with E-state index in [0.717, 1.165) is 10.9 Å². The highest BCUT2D eigenvalue weighted by Crippen LogP contribution is 2.35. The summed E-state index contributed by atoms with van der Waals surface area (Å²) < 4.78 is 0. The van der Waals surface area contributed by atoms with Gasteiger partial charge in [-0.3, -0.25) is 14.7 Å². The van der Waals surface area contributed by atoms with E-state index in [0.29, 0.717) is 36.5 Å². The Morgan fingerprint density at radius 3 is 2.51 bits per heavy atom. The van der Waals surface area contributed by atoms with Crippen LogP contribution >= 0.6 is 23.2 Å². The number of aromatic nitrogens is 2. The predicted octanol–water partition coefficient (Wildman–Crippen LogP) is 4.38. The van der Waals surface area contributed by atoms with Crippen molar-refractivity contribution < 1.29 is 30.0 Å². The Hall–Kier alpha value is -3.53. The predicted molar refractivity (Wildman–Crippen MR) is 153 cm³/mol. The SMILES string of the molecule is [C-]#[N+]/N=C(\CC[C@H](CC(=O)c1c(Cl)cc(C(O)CC(O)c2ccc3cn[nH]c3c2)cc1Cl)C(=O)O)N1CC[C@H](O)C1. The number of carboxylic acid groups (broad SMARTS) is 1. The summed E-state index contributed by atoms with van der Waals surface area (Å²) in [5.41, 5.74) is 1.56. The van der Waals surface area contributed by atoms with Gasteiger partial charge in [0.2, 0.25) is 0 Å². The number of likely N-dealkylation sites (tertiary alicyclic amines) is 1. The zero-order valence-corrected chi connectivity index (χ0v) is 23.4. The number of nitrogens with zero attached hydrogens (tertiary/aromatic N) is 4. The minimum Gasteiger partial charge on any atom is -0.481 e. The number of hydrogen-bond donors (Lipinski definition) is 5. The van der Waals surface area contributed by atoms with Crippen molar-refractivity contribution in [3.05, 3.63) is 74.8 Å². The zero-order chi connectivity index (χ0) is 29.7. The first kappa shape index (κ1) is 30.4. The van der Waals surface area contributed by atoms with Crippen LogP contribution in [0.25, 0.3) is 15.9 Å². The number of carbonyl (C=O) groups excluding carboxylic acids is 1. The summed E-state index contributed by atoms with van der Waals surface area (Å²) in [4.78, 5) is 29.9. The molecule has 1 aromatic heterocycles. The number of aliphatic hydroxyl groups excluding tert-OH is 3. The van der Waals surface area contributed by atoms with E-state index in [1.807, 2.05) is 0 Å². The molecule has 2 unspecified atom stereocenters. The number of amidine groups is 1. The fourth-order valence-electron chi connectivity index (χ4n) is 4.94. The number of carboxylic acids is 1. The fraction of sp³-hybridized carbons (Fsp3) is 0.393. The van der Waals surface area contributed by atoms with Crippen LogP contribution in [-0.4, -0.2) is 72.3 Å². The highest BCUT2D eigenvalue weighted by atomic mass is 35.5. The van der Waals surface area contributed by atoms with Crippen LogP contribution in [0.4, 0.5) is 0 Å². The smallest absolute Gasteiger partial charge is 0.306 e. The quantitative estimate of drug-likeness (QED) is 0.0710. The van der Waals surface area contributed by atoms with Crippen LogP contribution in [0.5, 0.6) is 0 Å². The molecule has 216 valence electrons. The molecule has 0 aliphatic carbocycles. The number of aliphatic carboxylic acids is 1. The minimum atomic E-state index is -1.19. The highest BCUT2D eigenvalue weighted by molar-refractivity contribution is 6.40. The van der Waals surface area contributed by atoms with Gasteiger partial charge in [-0.1, -0.05) is 35.3 Å². The van der Waals surface area contributed by atoms with E-state index in [-0.39, 0.29) is 41.3 Å². The van der Waals surface area contributed by atoms with Crippen LogP contribution < -0.4 is 0 Å². The average molecular weight is 602 g/mol. The summed E-state index contributed by atoms with van der Waals surface area (Å²) in [5.74, 6) is -2.49. The van der Waals surface area contributed by atoms with Crippen molar-refractivity contribution in [2.24, 2.45) is 11.0 Å². The van der Waals surface area contributed by atoms with Gasteiger partial charge in [-0.2, -0.15) is 11.7 Å². The number of nitrogens with one attached hydrogen (secondary N) is 1. The number of hydrogen-bond acceptors (Lipinski definition) is 7. The lowest BCUT2D eigenvalue weighted by Crippen LogP contribution is -2.30. The molecule has 3 aromatic rings. The van der Waals surface area contributed by atoms with Crippen molar-refractivity contribution in [2.45, 2.75) is 50.4 Å². The number of fused-ring (bicyclic) bond motifs is 1. The molecule has 13 heteroatoms. The maximum absolute atomic E-state index is 13.1. The van der Waals surface area contributed by atoms with Gasteiger partial charge in [0.05, 0.1) is 51.6 Å². The number of carbonyl (C=O) groups is 2. The molecule has 1 aliphatic rings. The summed E-state index contributed by atoms with van der Waals surface area (Å²) >= 11 is 12.8. The molecule has 0 saturated carbocycles. The maximum atomic E-state index is 13.1. The van der Waals surface area contributed by atoms with Gasteiger partial charge in [0.1, 0.15) is 5.10 Å².